The third-order valence-electron chi connectivity index (χ3n) is 4.07. The van der Waals surface area contributed by atoms with Crippen LogP contribution in [0, 0.1) is 11.3 Å². The number of hydrogen-bond acceptors (Lipinski definition) is 5. The summed E-state index contributed by atoms with van der Waals surface area (Å²) in [5.41, 5.74) is -0.582. The van der Waals surface area contributed by atoms with E-state index >= 15 is 0 Å². The lowest BCUT2D eigenvalue weighted by atomic mass is 10.1. The molecule has 0 unspecified atom stereocenters. The second kappa shape index (κ2) is 7.21. The van der Waals surface area contributed by atoms with Gasteiger partial charge in [-0.3, -0.25) is 10.1 Å². The van der Waals surface area contributed by atoms with Gasteiger partial charge in [0.2, 0.25) is 5.60 Å². The maximum absolute atomic E-state index is 12.2. The van der Waals surface area contributed by atoms with Crippen LogP contribution in [0.1, 0.15) is 12.0 Å². The Bertz CT molecular complexity index is 865. The van der Waals surface area contributed by atoms with E-state index in [1.807, 2.05) is 30.3 Å². The molecular weight excluding hydrogens is 334 g/mol. The first-order valence-corrected chi connectivity index (χ1v) is 8.02. The van der Waals surface area contributed by atoms with Crippen molar-refractivity contribution in [1.29, 1.82) is 5.26 Å². The van der Waals surface area contributed by atoms with Crippen LogP contribution in [-0.2, 0) is 11.3 Å². The summed E-state index contributed by atoms with van der Waals surface area (Å²) in [5, 5.41) is 24.2. The molecule has 0 spiro atoms. The molecule has 3 N–H and O–H groups in total. The van der Waals surface area contributed by atoms with Crippen molar-refractivity contribution in [2.45, 2.75) is 18.6 Å². The maximum atomic E-state index is 12.2. The van der Waals surface area contributed by atoms with Crippen LogP contribution >= 0.6 is 0 Å². The Labute approximate surface area is 150 Å². The molecule has 1 aromatic carbocycles. The van der Waals surface area contributed by atoms with Crippen LogP contribution in [0.2, 0.25) is 0 Å². The van der Waals surface area contributed by atoms with Gasteiger partial charge in [-0.2, -0.15) is 5.26 Å². The smallest absolute Gasteiger partial charge is 0.320 e. The molecule has 8 heteroatoms. The van der Waals surface area contributed by atoms with Gasteiger partial charge in [0.1, 0.15) is 11.9 Å². The molecule has 0 aliphatic carbocycles. The topological polar surface area (TPSA) is 118 Å². The van der Waals surface area contributed by atoms with Crippen molar-refractivity contribution in [3.63, 3.8) is 0 Å². The molecule has 1 atom stereocenters. The SMILES string of the molecule is N#C[C@@]1(O)CCN(c2ccnc(NC(=O)NCc3ccccc3)c2)C1=O. The monoisotopic (exact) mass is 351 g/mol. The van der Waals surface area contributed by atoms with Crippen molar-refractivity contribution in [1.82, 2.24) is 10.3 Å². The lowest BCUT2D eigenvalue weighted by Gasteiger charge is -2.18. The number of anilines is 2. The Morgan fingerprint density at radius 3 is 2.81 bits per heavy atom. The molecule has 3 rings (SSSR count). The molecule has 1 aliphatic heterocycles. The average molecular weight is 351 g/mol. The van der Waals surface area contributed by atoms with E-state index in [-0.39, 0.29) is 18.8 Å². The zero-order valence-electron chi connectivity index (χ0n) is 13.8. The number of aliphatic hydroxyl groups is 1. The highest BCUT2D eigenvalue weighted by molar-refractivity contribution is 6.04. The van der Waals surface area contributed by atoms with E-state index in [0.29, 0.717) is 12.2 Å². The third kappa shape index (κ3) is 3.63. The second-order valence-electron chi connectivity index (χ2n) is 5.87. The van der Waals surface area contributed by atoms with E-state index in [0.717, 1.165) is 5.56 Å². The lowest BCUT2D eigenvalue weighted by Crippen LogP contribution is -2.38. The highest BCUT2D eigenvalue weighted by atomic mass is 16.3. The number of nitriles is 1. The number of carbonyl (C=O) groups is 2. The minimum Gasteiger partial charge on any atom is -0.368 e. The summed E-state index contributed by atoms with van der Waals surface area (Å²) < 4.78 is 0. The molecule has 0 bridgehead atoms. The summed E-state index contributed by atoms with van der Waals surface area (Å²) in [6, 6.07) is 13.8. The predicted octanol–water partition coefficient (Wildman–Crippen LogP) is 1.39. The van der Waals surface area contributed by atoms with E-state index in [1.54, 1.807) is 12.1 Å². The number of benzene rings is 1. The summed E-state index contributed by atoms with van der Waals surface area (Å²) in [6.07, 6.45) is 1.48. The fourth-order valence-corrected chi connectivity index (χ4v) is 2.65. The van der Waals surface area contributed by atoms with Gasteiger partial charge >= 0.3 is 6.03 Å². The third-order valence-corrected chi connectivity index (χ3v) is 4.07. The number of hydrogen-bond donors (Lipinski definition) is 3. The molecule has 0 radical (unpaired) electrons. The maximum Gasteiger partial charge on any atom is 0.320 e. The van der Waals surface area contributed by atoms with Crippen LogP contribution in [0.15, 0.2) is 48.7 Å². The van der Waals surface area contributed by atoms with Crippen molar-refractivity contribution >= 4 is 23.4 Å². The summed E-state index contributed by atoms with van der Waals surface area (Å²) in [7, 11) is 0. The molecule has 132 valence electrons. The highest BCUT2D eigenvalue weighted by Gasteiger charge is 2.46. The Morgan fingerprint density at radius 1 is 1.35 bits per heavy atom. The van der Waals surface area contributed by atoms with Crippen molar-refractivity contribution in [3.05, 3.63) is 54.2 Å². The molecule has 1 aromatic heterocycles. The first-order valence-electron chi connectivity index (χ1n) is 8.02. The molecular formula is C18H17N5O3. The Kier molecular flexibility index (Phi) is 4.82. The quantitative estimate of drug-likeness (QED) is 0.720. The zero-order valence-corrected chi connectivity index (χ0v) is 13.8. The summed E-state index contributed by atoms with van der Waals surface area (Å²) in [6.45, 7) is 0.582. The van der Waals surface area contributed by atoms with E-state index in [9.17, 15) is 14.7 Å². The Balaban J connectivity index is 1.64. The minimum atomic E-state index is -2.00. The fourth-order valence-electron chi connectivity index (χ4n) is 2.65. The lowest BCUT2D eigenvalue weighted by molar-refractivity contribution is -0.128. The van der Waals surface area contributed by atoms with E-state index in [1.165, 1.54) is 17.2 Å². The molecule has 26 heavy (non-hydrogen) atoms. The number of nitrogens with zero attached hydrogens (tertiary/aromatic N) is 3. The van der Waals surface area contributed by atoms with Crippen molar-refractivity contribution in [3.8, 4) is 6.07 Å². The van der Waals surface area contributed by atoms with E-state index in [4.69, 9.17) is 5.26 Å². The van der Waals surface area contributed by atoms with Crippen LogP contribution < -0.4 is 15.5 Å². The van der Waals surface area contributed by atoms with Gasteiger partial charge in [-0.05, 0) is 11.6 Å². The first-order chi connectivity index (χ1) is 12.5. The van der Waals surface area contributed by atoms with Gasteiger partial charge in [-0.15, -0.1) is 0 Å². The van der Waals surface area contributed by atoms with Crippen molar-refractivity contribution in [2.24, 2.45) is 0 Å². The van der Waals surface area contributed by atoms with Gasteiger partial charge < -0.3 is 15.3 Å². The Hall–Kier alpha value is -3.44. The standard InChI is InChI=1S/C18H17N5O3/c19-12-18(26)7-9-23(16(18)24)14-6-8-20-15(10-14)22-17(25)21-11-13-4-2-1-3-5-13/h1-6,8,10,26H,7,9,11H2,(H2,20,21,22,25)/t18-/m0/s1. The summed E-state index contributed by atoms with van der Waals surface area (Å²) in [5.74, 6) is -0.418. The van der Waals surface area contributed by atoms with Crippen molar-refractivity contribution in [2.75, 3.05) is 16.8 Å². The molecule has 2 heterocycles. The van der Waals surface area contributed by atoms with Gasteiger partial charge in [0.05, 0.1) is 0 Å². The molecule has 2 aromatic rings. The Morgan fingerprint density at radius 2 is 2.12 bits per heavy atom. The van der Waals surface area contributed by atoms with Crippen molar-refractivity contribution < 1.29 is 14.7 Å². The molecule has 1 saturated heterocycles. The second-order valence-corrected chi connectivity index (χ2v) is 5.87. The summed E-state index contributed by atoms with van der Waals surface area (Å²) in [4.78, 5) is 29.5. The predicted molar refractivity (Wildman–Crippen MR) is 94.1 cm³/mol. The normalized spacial score (nSPS) is 19.1. The van der Waals surface area contributed by atoms with Crippen LogP contribution in [-0.4, -0.2) is 34.2 Å². The van der Waals surface area contributed by atoms with E-state index < -0.39 is 17.5 Å². The molecule has 8 nitrogen and oxygen atoms in total. The van der Waals surface area contributed by atoms with Gasteiger partial charge in [-0.1, -0.05) is 30.3 Å². The molecule has 3 amide bonds. The molecule has 0 saturated carbocycles. The zero-order chi connectivity index (χ0) is 18.6. The first kappa shape index (κ1) is 17.4. The number of carbonyl (C=O) groups excluding carboxylic acids is 2. The number of rotatable bonds is 4. The average Bonchev–Trinajstić information content (AvgIpc) is 2.97. The highest BCUT2D eigenvalue weighted by Crippen LogP contribution is 2.28. The van der Waals surface area contributed by atoms with Crippen LogP contribution in [0.4, 0.5) is 16.3 Å². The fraction of sp³-hybridized carbons (Fsp3) is 0.222. The number of urea groups is 1. The molecule has 1 aliphatic rings. The molecule has 1 fully saturated rings. The van der Waals surface area contributed by atoms with E-state index in [2.05, 4.69) is 15.6 Å². The number of pyridine rings is 1. The van der Waals surface area contributed by atoms with Gasteiger partial charge in [-0.25, -0.2) is 9.78 Å². The van der Waals surface area contributed by atoms with Gasteiger partial charge in [0.15, 0.2) is 0 Å². The summed E-state index contributed by atoms with van der Waals surface area (Å²) >= 11 is 0. The number of amides is 3. The van der Waals surface area contributed by atoms with Gasteiger partial charge in [0, 0.05) is 37.5 Å². The van der Waals surface area contributed by atoms with Crippen LogP contribution in [0.25, 0.3) is 0 Å². The number of nitrogens with one attached hydrogen (secondary N) is 2. The minimum absolute atomic E-state index is 0.0327. The largest absolute Gasteiger partial charge is 0.368 e. The number of aromatic nitrogens is 1. The van der Waals surface area contributed by atoms with Crippen LogP contribution in [0.5, 0.6) is 0 Å². The van der Waals surface area contributed by atoms with Gasteiger partial charge in [0.25, 0.3) is 5.91 Å². The van der Waals surface area contributed by atoms with Crippen LogP contribution in [0.3, 0.4) is 0 Å².